The second-order valence-electron chi connectivity index (χ2n) is 5.26. The number of benzene rings is 1. The van der Waals surface area contributed by atoms with Crippen LogP contribution >= 0.6 is 11.8 Å². The molecular weight excluding hydrogens is 326 g/mol. The van der Waals surface area contributed by atoms with Gasteiger partial charge in [0.2, 0.25) is 11.9 Å². The summed E-state index contributed by atoms with van der Waals surface area (Å²) in [4.78, 5) is 26.5. The van der Waals surface area contributed by atoms with E-state index in [0.29, 0.717) is 23.6 Å². The number of rotatable bonds is 7. The van der Waals surface area contributed by atoms with E-state index in [9.17, 15) is 4.79 Å². The summed E-state index contributed by atoms with van der Waals surface area (Å²) in [6.07, 6.45) is 0. The molecule has 0 saturated heterocycles. The quantitative estimate of drug-likeness (QED) is 0.603. The molecule has 1 aromatic heterocycles. The lowest BCUT2D eigenvalue weighted by molar-refractivity contribution is -0.139. The number of ether oxygens (including phenoxy) is 1. The van der Waals surface area contributed by atoms with Crippen LogP contribution < -0.4 is 10.2 Å². The van der Waals surface area contributed by atoms with Crippen LogP contribution in [0.1, 0.15) is 12.5 Å². The smallest absolute Gasteiger partial charge is 0.318 e. The summed E-state index contributed by atoms with van der Waals surface area (Å²) < 4.78 is 4.74. The fourth-order valence-electron chi connectivity index (χ4n) is 1.83. The lowest BCUT2D eigenvalue weighted by atomic mass is 10.2. The van der Waals surface area contributed by atoms with Gasteiger partial charge in [0.1, 0.15) is 5.25 Å². The number of anilines is 2. The minimum atomic E-state index is -0.394. The van der Waals surface area contributed by atoms with Crippen molar-refractivity contribution in [3.8, 4) is 0 Å². The molecule has 1 N–H and O–H groups in total. The largest absolute Gasteiger partial charge is 0.468 e. The topological polar surface area (TPSA) is 80.2 Å². The van der Waals surface area contributed by atoms with Gasteiger partial charge in [0.25, 0.3) is 0 Å². The van der Waals surface area contributed by atoms with Crippen LogP contribution in [0.2, 0.25) is 0 Å². The van der Waals surface area contributed by atoms with Crippen molar-refractivity contribution in [3.63, 3.8) is 0 Å². The number of hydrogen-bond acceptors (Lipinski definition) is 8. The van der Waals surface area contributed by atoms with Gasteiger partial charge >= 0.3 is 5.97 Å². The van der Waals surface area contributed by atoms with E-state index in [4.69, 9.17) is 4.74 Å². The Hall–Kier alpha value is -2.35. The average molecular weight is 347 g/mol. The van der Waals surface area contributed by atoms with E-state index in [0.717, 1.165) is 5.56 Å². The number of esters is 1. The van der Waals surface area contributed by atoms with Crippen LogP contribution in [0, 0.1) is 0 Å². The van der Waals surface area contributed by atoms with Crippen molar-refractivity contribution in [2.24, 2.45) is 0 Å². The standard InChI is InChI=1S/C16H21N5O2S/c1-11(13(22)23-4)24-16-19-14(18-15(20-16)21(2)3)17-10-12-8-6-5-7-9-12/h5-9,11H,10H2,1-4H3,(H,17,18,19,20)/t11-/m0/s1. The lowest BCUT2D eigenvalue weighted by Crippen LogP contribution is -2.18. The Kier molecular flexibility index (Phi) is 6.36. The normalized spacial score (nSPS) is 11.7. The molecule has 0 aliphatic carbocycles. The van der Waals surface area contributed by atoms with Crippen LogP contribution in [0.25, 0.3) is 0 Å². The van der Waals surface area contributed by atoms with Crippen LogP contribution in [0.3, 0.4) is 0 Å². The van der Waals surface area contributed by atoms with E-state index in [1.54, 1.807) is 11.8 Å². The first-order valence-electron chi connectivity index (χ1n) is 7.45. The molecule has 0 aliphatic heterocycles. The summed E-state index contributed by atoms with van der Waals surface area (Å²) in [7, 11) is 5.08. The Balaban J connectivity index is 2.16. The number of nitrogens with one attached hydrogen (secondary N) is 1. The predicted octanol–water partition coefficient (Wildman–Crippen LogP) is 2.20. The first-order valence-corrected chi connectivity index (χ1v) is 8.33. The van der Waals surface area contributed by atoms with Crippen LogP contribution in [-0.4, -0.2) is 47.4 Å². The van der Waals surface area contributed by atoms with Crippen molar-refractivity contribution in [2.45, 2.75) is 23.9 Å². The molecule has 0 spiro atoms. The molecule has 24 heavy (non-hydrogen) atoms. The molecule has 0 fully saturated rings. The van der Waals surface area contributed by atoms with Crippen molar-refractivity contribution in [1.82, 2.24) is 15.0 Å². The maximum Gasteiger partial charge on any atom is 0.318 e. The monoisotopic (exact) mass is 347 g/mol. The van der Waals surface area contributed by atoms with Crippen molar-refractivity contribution in [2.75, 3.05) is 31.4 Å². The van der Waals surface area contributed by atoms with Crippen molar-refractivity contribution in [3.05, 3.63) is 35.9 Å². The molecule has 0 amide bonds. The molecule has 2 aromatic rings. The maximum atomic E-state index is 11.6. The van der Waals surface area contributed by atoms with Gasteiger partial charge in [-0.25, -0.2) is 0 Å². The summed E-state index contributed by atoms with van der Waals surface area (Å²) in [5.74, 6) is 0.683. The summed E-state index contributed by atoms with van der Waals surface area (Å²) >= 11 is 1.24. The maximum absolute atomic E-state index is 11.6. The average Bonchev–Trinajstić information content (AvgIpc) is 2.59. The van der Waals surface area contributed by atoms with Gasteiger partial charge in [-0.1, -0.05) is 42.1 Å². The third-order valence-electron chi connectivity index (χ3n) is 3.11. The van der Waals surface area contributed by atoms with Crippen LogP contribution in [0.15, 0.2) is 35.5 Å². The second kappa shape index (κ2) is 8.49. The minimum Gasteiger partial charge on any atom is -0.468 e. The Morgan fingerprint density at radius 1 is 1.25 bits per heavy atom. The zero-order valence-corrected chi connectivity index (χ0v) is 15.0. The number of methoxy groups -OCH3 is 1. The zero-order chi connectivity index (χ0) is 17.5. The first kappa shape index (κ1) is 18.0. The second-order valence-corrected chi connectivity index (χ2v) is 6.57. The zero-order valence-electron chi connectivity index (χ0n) is 14.2. The highest BCUT2D eigenvalue weighted by atomic mass is 32.2. The molecule has 2 rings (SSSR count). The highest BCUT2D eigenvalue weighted by Gasteiger charge is 2.18. The van der Waals surface area contributed by atoms with E-state index >= 15 is 0 Å². The number of carbonyl (C=O) groups excluding carboxylic acids is 1. The van der Waals surface area contributed by atoms with Crippen LogP contribution in [0.4, 0.5) is 11.9 Å². The van der Waals surface area contributed by atoms with Crippen LogP contribution in [0.5, 0.6) is 0 Å². The van der Waals surface area contributed by atoms with Crippen molar-refractivity contribution >= 4 is 29.6 Å². The SMILES string of the molecule is COC(=O)[C@H](C)Sc1nc(NCc2ccccc2)nc(N(C)C)n1. The van der Waals surface area contributed by atoms with Gasteiger partial charge < -0.3 is 15.0 Å². The predicted molar refractivity (Wildman–Crippen MR) is 95.3 cm³/mol. The Labute approximate surface area is 145 Å². The van der Waals surface area contributed by atoms with Crippen molar-refractivity contribution in [1.29, 1.82) is 0 Å². The third kappa shape index (κ3) is 5.09. The molecule has 0 unspecified atom stereocenters. The molecule has 1 atom stereocenters. The summed E-state index contributed by atoms with van der Waals surface area (Å²) in [5.41, 5.74) is 1.13. The van der Waals surface area contributed by atoms with Gasteiger partial charge in [-0.3, -0.25) is 4.79 Å². The molecular formula is C16H21N5O2S. The van der Waals surface area contributed by atoms with Gasteiger partial charge in [0.05, 0.1) is 7.11 Å². The van der Waals surface area contributed by atoms with E-state index in [1.165, 1.54) is 18.9 Å². The molecule has 0 saturated carbocycles. The highest BCUT2D eigenvalue weighted by Crippen LogP contribution is 2.23. The number of aromatic nitrogens is 3. The first-order chi connectivity index (χ1) is 11.5. The van der Waals surface area contributed by atoms with Gasteiger partial charge in [-0.05, 0) is 12.5 Å². The van der Waals surface area contributed by atoms with E-state index < -0.39 is 5.25 Å². The third-order valence-corrected chi connectivity index (χ3v) is 4.05. The highest BCUT2D eigenvalue weighted by molar-refractivity contribution is 8.00. The Morgan fingerprint density at radius 2 is 1.96 bits per heavy atom. The lowest BCUT2D eigenvalue weighted by Gasteiger charge is -2.14. The molecule has 128 valence electrons. The molecule has 0 aliphatic rings. The van der Waals surface area contributed by atoms with Gasteiger partial charge in [0.15, 0.2) is 5.16 Å². The Bertz CT molecular complexity index is 681. The molecule has 7 nitrogen and oxygen atoms in total. The number of thioether (sulfide) groups is 1. The molecule has 1 heterocycles. The van der Waals surface area contributed by atoms with E-state index in [2.05, 4.69) is 20.3 Å². The fourth-order valence-corrected chi connectivity index (χ4v) is 2.61. The van der Waals surface area contributed by atoms with E-state index in [-0.39, 0.29) is 5.97 Å². The van der Waals surface area contributed by atoms with Gasteiger partial charge in [-0.15, -0.1) is 0 Å². The summed E-state index contributed by atoms with van der Waals surface area (Å²) in [6.45, 7) is 2.36. The number of carbonyl (C=O) groups is 1. The molecule has 0 radical (unpaired) electrons. The Morgan fingerprint density at radius 3 is 2.58 bits per heavy atom. The fraction of sp³-hybridized carbons (Fsp3) is 0.375. The summed E-state index contributed by atoms with van der Waals surface area (Å²) in [6, 6.07) is 9.98. The molecule has 8 heteroatoms. The molecule has 0 bridgehead atoms. The molecule has 1 aromatic carbocycles. The minimum absolute atomic E-state index is 0.314. The van der Waals surface area contributed by atoms with Crippen molar-refractivity contribution < 1.29 is 9.53 Å². The number of nitrogens with zero attached hydrogens (tertiary/aromatic N) is 4. The summed E-state index contributed by atoms with van der Waals surface area (Å²) in [5, 5.41) is 3.27. The number of hydrogen-bond donors (Lipinski definition) is 1. The van der Waals surface area contributed by atoms with Gasteiger partial charge in [0, 0.05) is 20.6 Å². The van der Waals surface area contributed by atoms with Crippen LogP contribution in [-0.2, 0) is 16.1 Å². The van der Waals surface area contributed by atoms with Gasteiger partial charge in [-0.2, -0.15) is 15.0 Å². The van der Waals surface area contributed by atoms with E-state index in [1.807, 2.05) is 44.4 Å².